The van der Waals surface area contributed by atoms with E-state index in [9.17, 15) is 0 Å². The van der Waals surface area contributed by atoms with Crippen LogP contribution in [-0.2, 0) is 4.74 Å². The van der Waals surface area contributed by atoms with E-state index in [0.717, 1.165) is 13.0 Å². The van der Waals surface area contributed by atoms with Gasteiger partial charge in [-0.3, -0.25) is 0 Å². The van der Waals surface area contributed by atoms with E-state index in [1.807, 2.05) is 0 Å². The van der Waals surface area contributed by atoms with Crippen LogP contribution in [-0.4, -0.2) is 12.7 Å². The van der Waals surface area contributed by atoms with E-state index in [4.69, 9.17) is 4.74 Å². The molecule has 0 aliphatic carbocycles. The standard InChI is InChI=1S/C8H17O/c1-5-8(4)9-6-7(2)3/h7-8H,1,5-6H2,2-4H3. The van der Waals surface area contributed by atoms with Gasteiger partial charge in [-0.15, -0.1) is 0 Å². The van der Waals surface area contributed by atoms with Crippen molar-refractivity contribution >= 4 is 0 Å². The maximum atomic E-state index is 5.39. The maximum absolute atomic E-state index is 5.39. The summed E-state index contributed by atoms with van der Waals surface area (Å²) in [6.07, 6.45) is 1.19. The quantitative estimate of drug-likeness (QED) is 0.565. The Morgan fingerprint density at radius 2 is 1.89 bits per heavy atom. The maximum Gasteiger partial charge on any atom is 0.0547 e. The summed E-state index contributed by atoms with van der Waals surface area (Å²) in [5.74, 6) is 0.638. The van der Waals surface area contributed by atoms with Gasteiger partial charge in [0.05, 0.1) is 6.10 Å². The second kappa shape index (κ2) is 4.80. The van der Waals surface area contributed by atoms with Crippen LogP contribution in [0.2, 0.25) is 0 Å². The summed E-state index contributed by atoms with van der Waals surface area (Å²) < 4.78 is 5.39. The molecule has 0 fully saturated rings. The van der Waals surface area contributed by atoms with Gasteiger partial charge in [-0.1, -0.05) is 20.8 Å². The van der Waals surface area contributed by atoms with Crippen molar-refractivity contribution in [1.29, 1.82) is 0 Å². The zero-order valence-electron chi connectivity index (χ0n) is 6.68. The van der Waals surface area contributed by atoms with Crippen molar-refractivity contribution in [1.82, 2.24) is 0 Å². The minimum Gasteiger partial charge on any atom is -0.378 e. The molecule has 1 nitrogen and oxygen atoms in total. The molecule has 9 heavy (non-hydrogen) atoms. The van der Waals surface area contributed by atoms with E-state index in [1.54, 1.807) is 0 Å². The molecular formula is C8H17O. The van der Waals surface area contributed by atoms with E-state index in [2.05, 4.69) is 27.7 Å². The van der Waals surface area contributed by atoms with Crippen LogP contribution < -0.4 is 0 Å². The van der Waals surface area contributed by atoms with Crippen LogP contribution in [0, 0.1) is 12.8 Å². The first-order valence-electron chi connectivity index (χ1n) is 3.57. The molecule has 0 rings (SSSR count). The van der Waals surface area contributed by atoms with Crippen molar-refractivity contribution in [2.75, 3.05) is 6.61 Å². The third kappa shape index (κ3) is 5.84. The Balaban J connectivity index is 3.06. The highest BCUT2D eigenvalue weighted by atomic mass is 16.5. The molecule has 0 aromatic heterocycles. The summed E-state index contributed by atoms with van der Waals surface area (Å²) >= 11 is 0. The Labute approximate surface area is 58.4 Å². The third-order valence-electron chi connectivity index (χ3n) is 1.12. The summed E-state index contributed by atoms with van der Waals surface area (Å²) in [6, 6.07) is 0. The van der Waals surface area contributed by atoms with E-state index in [1.165, 1.54) is 0 Å². The molecule has 0 bridgehead atoms. The van der Waals surface area contributed by atoms with Crippen LogP contribution >= 0.6 is 0 Å². The van der Waals surface area contributed by atoms with Gasteiger partial charge in [-0.25, -0.2) is 0 Å². The SMILES string of the molecule is [CH2]CC(C)OCC(C)C. The number of rotatable bonds is 4. The van der Waals surface area contributed by atoms with Crippen molar-refractivity contribution in [3.05, 3.63) is 6.92 Å². The summed E-state index contributed by atoms with van der Waals surface area (Å²) in [4.78, 5) is 0. The van der Waals surface area contributed by atoms with Crippen LogP contribution in [0.15, 0.2) is 0 Å². The van der Waals surface area contributed by atoms with Gasteiger partial charge in [-0.05, 0) is 19.3 Å². The predicted octanol–water partition coefficient (Wildman–Crippen LogP) is 2.27. The molecule has 0 saturated carbocycles. The van der Waals surface area contributed by atoms with E-state index < -0.39 is 0 Å². The number of ether oxygens (including phenoxy) is 1. The molecule has 0 N–H and O–H groups in total. The zero-order chi connectivity index (χ0) is 7.28. The zero-order valence-corrected chi connectivity index (χ0v) is 6.68. The molecule has 0 saturated heterocycles. The minimum absolute atomic E-state index is 0.326. The second-order valence-electron chi connectivity index (χ2n) is 2.83. The minimum atomic E-state index is 0.326. The fraction of sp³-hybridized carbons (Fsp3) is 0.875. The van der Waals surface area contributed by atoms with Gasteiger partial charge < -0.3 is 4.74 Å². The lowest BCUT2D eigenvalue weighted by molar-refractivity contribution is 0.0492. The van der Waals surface area contributed by atoms with Crippen molar-refractivity contribution in [2.45, 2.75) is 33.3 Å². The highest BCUT2D eigenvalue weighted by molar-refractivity contribution is 4.51. The fourth-order valence-electron chi connectivity index (χ4n) is 0.440. The van der Waals surface area contributed by atoms with Crippen LogP contribution in [0.5, 0.6) is 0 Å². The van der Waals surface area contributed by atoms with Gasteiger partial charge in [0.1, 0.15) is 0 Å². The summed E-state index contributed by atoms with van der Waals surface area (Å²) in [5.41, 5.74) is 0. The van der Waals surface area contributed by atoms with Crippen molar-refractivity contribution in [2.24, 2.45) is 5.92 Å². The summed E-state index contributed by atoms with van der Waals surface area (Å²) in [6.45, 7) is 10.9. The van der Waals surface area contributed by atoms with Crippen molar-refractivity contribution in [3.8, 4) is 0 Å². The molecule has 0 aliphatic heterocycles. The second-order valence-corrected chi connectivity index (χ2v) is 2.83. The molecule has 0 aromatic rings. The van der Waals surface area contributed by atoms with Crippen LogP contribution in [0.3, 0.4) is 0 Å². The first-order chi connectivity index (χ1) is 4.16. The Morgan fingerprint density at radius 1 is 1.33 bits per heavy atom. The molecule has 1 unspecified atom stereocenters. The molecule has 1 atom stereocenters. The summed E-state index contributed by atoms with van der Waals surface area (Å²) in [5, 5.41) is 0. The third-order valence-corrected chi connectivity index (χ3v) is 1.12. The Bertz CT molecular complexity index is 59.6. The van der Waals surface area contributed by atoms with Crippen LogP contribution in [0.1, 0.15) is 27.2 Å². The average molecular weight is 129 g/mol. The molecule has 0 aliphatic rings. The fourth-order valence-corrected chi connectivity index (χ4v) is 0.440. The molecule has 55 valence electrons. The lowest BCUT2D eigenvalue weighted by Crippen LogP contribution is -2.11. The first-order valence-corrected chi connectivity index (χ1v) is 3.57. The average Bonchev–Trinajstić information content (AvgIpc) is 1.83. The van der Waals surface area contributed by atoms with E-state index in [0.29, 0.717) is 12.0 Å². The Morgan fingerprint density at radius 3 is 2.22 bits per heavy atom. The van der Waals surface area contributed by atoms with Crippen LogP contribution in [0.4, 0.5) is 0 Å². The predicted molar refractivity (Wildman–Crippen MR) is 40.2 cm³/mol. The van der Waals surface area contributed by atoms with E-state index in [-0.39, 0.29) is 0 Å². The molecular weight excluding hydrogens is 112 g/mol. The highest BCUT2D eigenvalue weighted by Crippen LogP contribution is 1.99. The molecule has 1 heteroatoms. The van der Waals surface area contributed by atoms with Gasteiger partial charge in [0.25, 0.3) is 0 Å². The Kier molecular flexibility index (Phi) is 4.78. The van der Waals surface area contributed by atoms with Gasteiger partial charge in [0, 0.05) is 6.61 Å². The largest absolute Gasteiger partial charge is 0.378 e. The number of hydrogen-bond donors (Lipinski definition) is 0. The van der Waals surface area contributed by atoms with Gasteiger partial charge in [0.2, 0.25) is 0 Å². The normalized spacial score (nSPS) is 14.3. The molecule has 0 amide bonds. The van der Waals surface area contributed by atoms with Crippen molar-refractivity contribution < 1.29 is 4.74 Å². The van der Waals surface area contributed by atoms with Gasteiger partial charge in [0.15, 0.2) is 0 Å². The molecule has 1 radical (unpaired) electrons. The lowest BCUT2D eigenvalue weighted by Gasteiger charge is -2.11. The number of hydrogen-bond acceptors (Lipinski definition) is 1. The van der Waals surface area contributed by atoms with Crippen molar-refractivity contribution in [3.63, 3.8) is 0 Å². The van der Waals surface area contributed by atoms with Crippen LogP contribution in [0.25, 0.3) is 0 Å². The molecule has 0 heterocycles. The van der Waals surface area contributed by atoms with Gasteiger partial charge in [-0.2, -0.15) is 0 Å². The molecule has 0 aromatic carbocycles. The lowest BCUT2D eigenvalue weighted by atomic mass is 10.2. The first kappa shape index (κ1) is 8.96. The smallest absolute Gasteiger partial charge is 0.0547 e. The monoisotopic (exact) mass is 129 g/mol. The van der Waals surface area contributed by atoms with E-state index >= 15 is 0 Å². The molecule has 0 spiro atoms. The summed E-state index contributed by atoms with van der Waals surface area (Å²) in [7, 11) is 0. The van der Waals surface area contributed by atoms with Gasteiger partial charge >= 0.3 is 0 Å². The highest BCUT2D eigenvalue weighted by Gasteiger charge is 1.98. The Hall–Kier alpha value is -0.0400. The topological polar surface area (TPSA) is 9.23 Å².